The first kappa shape index (κ1) is 21.4. The molecule has 0 atom stereocenters. The number of halogens is 1. The van der Waals surface area contributed by atoms with E-state index in [1.807, 2.05) is 55.5 Å². The molecule has 0 saturated heterocycles. The lowest BCUT2D eigenvalue weighted by Crippen LogP contribution is -2.02. The molecule has 30 heavy (non-hydrogen) atoms. The van der Waals surface area contributed by atoms with Gasteiger partial charge >= 0.3 is 0 Å². The second-order valence-electron chi connectivity index (χ2n) is 6.40. The van der Waals surface area contributed by atoms with Crippen molar-refractivity contribution in [2.45, 2.75) is 13.5 Å². The topological polar surface area (TPSA) is 66.0 Å². The third-order valence-electron chi connectivity index (χ3n) is 4.29. The van der Waals surface area contributed by atoms with Gasteiger partial charge in [-0.2, -0.15) is 10.5 Å². The predicted octanol–water partition coefficient (Wildman–Crippen LogP) is 6.20. The van der Waals surface area contributed by atoms with Crippen LogP contribution in [0.2, 0.25) is 0 Å². The van der Waals surface area contributed by atoms with Gasteiger partial charge in [0, 0.05) is 0 Å². The fourth-order valence-electron chi connectivity index (χ4n) is 2.91. The van der Waals surface area contributed by atoms with Crippen LogP contribution in [0.3, 0.4) is 0 Å². The Kier molecular flexibility index (Phi) is 7.48. The van der Waals surface area contributed by atoms with Crippen molar-refractivity contribution in [3.8, 4) is 23.6 Å². The van der Waals surface area contributed by atoms with Crippen molar-refractivity contribution in [3.63, 3.8) is 0 Å². The minimum atomic E-state index is 0.441. The molecule has 0 aliphatic carbocycles. The molecular weight excluding hydrogens is 487 g/mol. The molecule has 0 saturated carbocycles. The molecule has 0 spiro atoms. The van der Waals surface area contributed by atoms with E-state index >= 15 is 0 Å². The van der Waals surface area contributed by atoms with Gasteiger partial charge in [-0.3, -0.25) is 0 Å². The zero-order chi connectivity index (χ0) is 21.3. The Hall–Kier alpha value is -3.29. The van der Waals surface area contributed by atoms with E-state index in [1.54, 1.807) is 24.3 Å². The van der Waals surface area contributed by atoms with Crippen LogP contribution in [0, 0.1) is 26.2 Å². The van der Waals surface area contributed by atoms with Crippen LogP contribution in [0.1, 0.15) is 29.2 Å². The van der Waals surface area contributed by atoms with Gasteiger partial charge < -0.3 is 9.47 Å². The summed E-state index contributed by atoms with van der Waals surface area (Å²) in [6, 6.07) is 25.1. The Morgan fingerprint density at radius 1 is 1.00 bits per heavy atom. The Morgan fingerprint density at radius 2 is 1.80 bits per heavy atom. The summed E-state index contributed by atoms with van der Waals surface area (Å²) in [6.07, 6.45) is 1.79. The fraction of sp³-hybridized carbons (Fsp3) is 0.120. The van der Waals surface area contributed by atoms with E-state index in [9.17, 15) is 5.26 Å². The molecule has 0 aliphatic rings. The standard InChI is InChI=1S/C25H19IN2O2/c1-2-29-24-14-20(12-22(16-28)21-10-6-9-19(11-21)15-27)13-23(26)25(24)30-17-18-7-4-3-5-8-18/h3-14H,2,17H2,1H3/b22-12-. The quantitative estimate of drug-likeness (QED) is 0.217. The Morgan fingerprint density at radius 3 is 2.50 bits per heavy atom. The van der Waals surface area contributed by atoms with E-state index in [0.29, 0.717) is 41.4 Å². The summed E-state index contributed by atoms with van der Waals surface area (Å²) in [5.41, 5.74) is 3.60. The van der Waals surface area contributed by atoms with Crippen molar-refractivity contribution in [2.24, 2.45) is 0 Å². The van der Waals surface area contributed by atoms with Crippen molar-refractivity contribution < 1.29 is 9.47 Å². The molecule has 0 unspecified atom stereocenters. The Balaban J connectivity index is 1.94. The highest BCUT2D eigenvalue weighted by Crippen LogP contribution is 2.36. The summed E-state index contributed by atoms with van der Waals surface area (Å²) in [4.78, 5) is 0. The predicted molar refractivity (Wildman–Crippen MR) is 126 cm³/mol. The van der Waals surface area contributed by atoms with Crippen LogP contribution in [0.5, 0.6) is 11.5 Å². The lowest BCUT2D eigenvalue weighted by atomic mass is 10.0. The normalized spacial score (nSPS) is 10.7. The minimum Gasteiger partial charge on any atom is -0.490 e. The number of ether oxygens (including phenoxy) is 2. The first-order valence-corrected chi connectivity index (χ1v) is 10.5. The highest BCUT2D eigenvalue weighted by molar-refractivity contribution is 14.1. The number of nitrogens with zero attached hydrogens (tertiary/aromatic N) is 2. The van der Waals surface area contributed by atoms with Crippen LogP contribution in [0.25, 0.3) is 11.6 Å². The molecule has 3 aromatic rings. The maximum atomic E-state index is 9.65. The molecule has 3 rings (SSSR count). The number of hydrogen-bond donors (Lipinski definition) is 0. The summed E-state index contributed by atoms with van der Waals surface area (Å²) in [5, 5.41) is 18.8. The average Bonchev–Trinajstić information content (AvgIpc) is 2.78. The molecule has 5 heteroatoms. The first-order chi connectivity index (χ1) is 14.6. The second-order valence-corrected chi connectivity index (χ2v) is 7.56. The van der Waals surface area contributed by atoms with E-state index in [0.717, 1.165) is 14.7 Å². The van der Waals surface area contributed by atoms with E-state index < -0.39 is 0 Å². The van der Waals surface area contributed by atoms with Crippen molar-refractivity contribution in [1.82, 2.24) is 0 Å². The first-order valence-electron chi connectivity index (χ1n) is 9.40. The summed E-state index contributed by atoms with van der Waals surface area (Å²) in [7, 11) is 0. The van der Waals surface area contributed by atoms with E-state index in [4.69, 9.17) is 14.7 Å². The zero-order valence-corrected chi connectivity index (χ0v) is 18.6. The fourth-order valence-corrected chi connectivity index (χ4v) is 3.69. The SMILES string of the molecule is CCOc1cc(/C=C(/C#N)c2cccc(C#N)c2)cc(I)c1OCc1ccccc1. The maximum Gasteiger partial charge on any atom is 0.175 e. The van der Waals surface area contributed by atoms with Crippen molar-refractivity contribution in [3.05, 3.63) is 92.6 Å². The van der Waals surface area contributed by atoms with Crippen LogP contribution < -0.4 is 9.47 Å². The third kappa shape index (κ3) is 5.40. The van der Waals surface area contributed by atoms with E-state index in [1.165, 1.54) is 0 Å². The zero-order valence-electron chi connectivity index (χ0n) is 16.4. The van der Waals surface area contributed by atoms with Gasteiger partial charge in [0.05, 0.1) is 33.5 Å². The van der Waals surface area contributed by atoms with Crippen molar-refractivity contribution >= 4 is 34.2 Å². The molecule has 0 heterocycles. The van der Waals surface area contributed by atoms with Crippen LogP contribution >= 0.6 is 22.6 Å². The molecule has 0 bridgehead atoms. The van der Waals surface area contributed by atoms with Gasteiger partial charge in [0.2, 0.25) is 0 Å². The van der Waals surface area contributed by atoms with Crippen LogP contribution in [-0.2, 0) is 6.61 Å². The molecule has 0 amide bonds. The molecule has 148 valence electrons. The monoisotopic (exact) mass is 506 g/mol. The van der Waals surface area contributed by atoms with Gasteiger partial charge in [0.1, 0.15) is 6.61 Å². The maximum absolute atomic E-state index is 9.65. The summed E-state index contributed by atoms with van der Waals surface area (Å²) in [6.45, 7) is 2.86. The number of allylic oxidation sites excluding steroid dienone is 1. The Bertz CT molecular complexity index is 1140. The van der Waals surface area contributed by atoms with Gasteiger partial charge in [0.25, 0.3) is 0 Å². The molecule has 3 aromatic carbocycles. The molecule has 0 fully saturated rings. The smallest absolute Gasteiger partial charge is 0.175 e. The number of benzene rings is 3. The highest BCUT2D eigenvalue weighted by atomic mass is 127. The third-order valence-corrected chi connectivity index (χ3v) is 5.09. The lowest BCUT2D eigenvalue weighted by Gasteiger charge is -2.15. The van der Waals surface area contributed by atoms with Gasteiger partial charge in [0.15, 0.2) is 11.5 Å². The van der Waals surface area contributed by atoms with Crippen LogP contribution in [0.15, 0.2) is 66.7 Å². The lowest BCUT2D eigenvalue weighted by molar-refractivity contribution is 0.267. The number of rotatable bonds is 7. The minimum absolute atomic E-state index is 0.441. The number of hydrogen-bond acceptors (Lipinski definition) is 4. The summed E-state index contributed by atoms with van der Waals surface area (Å²) >= 11 is 2.22. The molecular formula is C25H19IN2O2. The summed E-state index contributed by atoms with van der Waals surface area (Å²) in [5.74, 6) is 1.32. The molecule has 0 aliphatic heterocycles. The van der Waals surface area contributed by atoms with Gasteiger partial charge in [-0.15, -0.1) is 0 Å². The number of nitriles is 2. The largest absolute Gasteiger partial charge is 0.490 e. The molecule has 0 radical (unpaired) electrons. The van der Waals surface area contributed by atoms with E-state index in [-0.39, 0.29) is 0 Å². The van der Waals surface area contributed by atoms with Crippen molar-refractivity contribution in [2.75, 3.05) is 6.61 Å². The van der Waals surface area contributed by atoms with Crippen molar-refractivity contribution in [1.29, 1.82) is 10.5 Å². The van der Waals surface area contributed by atoms with Crippen LogP contribution in [-0.4, -0.2) is 6.61 Å². The summed E-state index contributed by atoms with van der Waals surface area (Å²) < 4.78 is 12.8. The molecule has 0 aromatic heterocycles. The molecule has 4 nitrogen and oxygen atoms in total. The van der Waals surface area contributed by atoms with Gasteiger partial charge in [-0.25, -0.2) is 0 Å². The van der Waals surface area contributed by atoms with Gasteiger partial charge in [-0.1, -0.05) is 42.5 Å². The Labute approximate surface area is 190 Å². The molecule has 0 N–H and O–H groups in total. The second kappa shape index (κ2) is 10.5. The van der Waals surface area contributed by atoms with Crippen LogP contribution in [0.4, 0.5) is 0 Å². The van der Waals surface area contributed by atoms with E-state index in [2.05, 4.69) is 34.7 Å². The average molecular weight is 506 g/mol. The van der Waals surface area contributed by atoms with Gasteiger partial charge in [-0.05, 0) is 76.5 Å². The highest BCUT2D eigenvalue weighted by Gasteiger charge is 2.13.